The Morgan fingerprint density at radius 1 is 1.23 bits per heavy atom. The first-order valence-corrected chi connectivity index (χ1v) is 6.93. The minimum absolute atomic E-state index is 0.283. The number of H-pyrrole nitrogens is 1. The molecular weight excluding hydrogens is 280 g/mol. The standard InChI is InChI=1S/C16H16N4O2/c1-9-7-13-14(19-10(2)20-15(13)18-9)17-8-11-3-5-12(6-4-11)16(21)22/h3-7H,8H2,1-2H3,(H,21,22)(H2,17,18,19,20). The average molecular weight is 296 g/mol. The minimum Gasteiger partial charge on any atom is -0.478 e. The van der Waals surface area contributed by atoms with E-state index in [1.807, 2.05) is 19.9 Å². The number of carboxylic acid groups (broad SMARTS) is 1. The van der Waals surface area contributed by atoms with Crippen LogP contribution in [0.15, 0.2) is 30.3 Å². The first kappa shape index (κ1) is 14.1. The molecule has 0 radical (unpaired) electrons. The lowest BCUT2D eigenvalue weighted by atomic mass is 10.1. The largest absolute Gasteiger partial charge is 0.478 e. The lowest BCUT2D eigenvalue weighted by molar-refractivity contribution is 0.0697. The SMILES string of the molecule is Cc1nc(NCc2ccc(C(=O)O)cc2)c2cc(C)[nH]c2n1. The van der Waals surface area contributed by atoms with Crippen molar-refractivity contribution in [2.75, 3.05) is 5.32 Å². The highest BCUT2D eigenvalue weighted by molar-refractivity contribution is 5.88. The highest BCUT2D eigenvalue weighted by Gasteiger charge is 2.08. The van der Waals surface area contributed by atoms with Gasteiger partial charge in [0.1, 0.15) is 17.3 Å². The van der Waals surface area contributed by atoms with E-state index in [-0.39, 0.29) is 5.56 Å². The molecule has 3 N–H and O–H groups in total. The van der Waals surface area contributed by atoms with Gasteiger partial charge in [0.15, 0.2) is 0 Å². The van der Waals surface area contributed by atoms with Crippen molar-refractivity contribution in [3.8, 4) is 0 Å². The number of carboxylic acids is 1. The zero-order valence-electron chi connectivity index (χ0n) is 12.3. The fourth-order valence-electron chi connectivity index (χ4n) is 2.34. The monoisotopic (exact) mass is 296 g/mol. The Bertz CT molecular complexity index is 837. The number of nitrogens with zero attached hydrogens (tertiary/aromatic N) is 2. The van der Waals surface area contributed by atoms with Crippen molar-refractivity contribution in [3.05, 3.63) is 53.0 Å². The Labute approximate surface area is 127 Å². The van der Waals surface area contributed by atoms with Gasteiger partial charge in [-0.05, 0) is 37.6 Å². The van der Waals surface area contributed by atoms with Gasteiger partial charge in [-0.3, -0.25) is 0 Å². The van der Waals surface area contributed by atoms with Crippen LogP contribution in [0.1, 0.15) is 27.4 Å². The van der Waals surface area contributed by atoms with Gasteiger partial charge < -0.3 is 15.4 Å². The summed E-state index contributed by atoms with van der Waals surface area (Å²) in [7, 11) is 0. The average Bonchev–Trinajstić information content (AvgIpc) is 2.85. The molecule has 0 saturated carbocycles. The Morgan fingerprint density at radius 3 is 2.64 bits per heavy atom. The number of nitrogens with one attached hydrogen (secondary N) is 2. The van der Waals surface area contributed by atoms with Crippen LogP contribution in [0.5, 0.6) is 0 Å². The molecule has 2 heterocycles. The zero-order valence-corrected chi connectivity index (χ0v) is 12.3. The van der Waals surface area contributed by atoms with Crippen LogP contribution in [0.25, 0.3) is 11.0 Å². The van der Waals surface area contributed by atoms with Crippen molar-refractivity contribution in [3.63, 3.8) is 0 Å². The third-order valence-electron chi connectivity index (χ3n) is 3.39. The summed E-state index contributed by atoms with van der Waals surface area (Å²) in [5.41, 5.74) is 3.12. The molecule has 0 atom stereocenters. The summed E-state index contributed by atoms with van der Waals surface area (Å²) in [5, 5.41) is 13.1. The fraction of sp³-hybridized carbons (Fsp3) is 0.188. The van der Waals surface area contributed by atoms with Crippen LogP contribution >= 0.6 is 0 Å². The molecule has 3 rings (SSSR count). The molecule has 0 amide bonds. The van der Waals surface area contributed by atoms with Gasteiger partial charge >= 0.3 is 5.97 Å². The summed E-state index contributed by atoms with van der Waals surface area (Å²) < 4.78 is 0. The van der Waals surface area contributed by atoms with Gasteiger partial charge in [-0.25, -0.2) is 14.8 Å². The molecule has 6 heteroatoms. The second-order valence-corrected chi connectivity index (χ2v) is 5.19. The van der Waals surface area contributed by atoms with E-state index in [0.29, 0.717) is 12.4 Å². The number of benzene rings is 1. The zero-order chi connectivity index (χ0) is 15.7. The number of aromatic amines is 1. The first-order valence-electron chi connectivity index (χ1n) is 6.93. The van der Waals surface area contributed by atoms with Crippen molar-refractivity contribution in [2.24, 2.45) is 0 Å². The molecule has 0 saturated heterocycles. The van der Waals surface area contributed by atoms with Gasteiger partial charge in [0.2, 0.25) is 0 Å². The van der Waals surface area contributed by atoms with Crippen molar-refractivity contribution in [1.82, 2.24) is 15.0 Å². The Hall–Kier alpha value is -2.89. The van der Waals surface area contributed by atoms with Crippen LogP contribution in [0, 0.1) is 13.8 Å². The van der Waals surface area contributed by atoms with E-state index in [2.05, 4.69) is 20.3 Å². The molecule has 0 aliphatic carbocycles. The van der Waals surface area contributed by atoms with Gasteiger partial charge in [0, 0.05) is 12.2 Å². The third kappa shape index (κ3) is 2.76. The molecule has 2 aromatic heterocycles. The Kier molecular flexibility index (Phi) is 3.50. The molecule has 6 nitrogen and oxygen atoms in total. The first-order chi connectivity index (χ1) is 10.5. The van der Waals surface area contributed by atoms with Crippen LogP contribution in [-0.2, 0) is 6.54 Å². The molecule has 0 aliphatic heterocycles. The predicted molar refractivity (Wildman–Crippen MR) is 84.1 cm³/mol. The van der Waals surface area contributed by atoms with Gasteiger partial charge in [0.05, 0.1) is 10.9 Å². The van der Waals surface area contributed by atoms with E-state index in [1.165, 1.54) is 0 Å². The molecule has 1 aromatic carbocycles. The number of aromatic nitrogens is 3. The lowest BCUT2D eigenvalue weighted by Crippen LogP contribution is -2.04. The van der Waals surface area contributed by atoms with E-state index >= 15 is 0 Å². The molecular formula is C16H16N4O2. The topological polar surface area (TPSA) is 90.9 Å². The second-order valence-electron chi connectivity index (χ2n) is 5.19. The molecule has 0 aliphatic rings. The van der Waals surface area contributed by atoms with Crippen LogP contribution in [0.3, 0.4) is 0 Å². The number of aromatic carboxylic acids is 1. The summed E-state index contributed by atoms with van der Waals surface area (Å²) in [6.45, 7) is 4.39. The highest BCUT2D eigenvalue weighted by atomic mass is 16.4. The number of rotatable bonds is 4. The van der Waals surface area contributed by atoms with Crippen LogP contribution in [-0.4, -0.2) is 26.0 Å². The summed E-state index contributed by atoms with van der Waals surface area (Å²) in [6.07, 6.45) is 0. The molecule has 3 aromatic rings. The number of fused-ring (bicyclic) bond motifs is 1. The Morgan fingerprint density at radius 2 is 1.95 bits per heavy atom. The lowest BCUT2D eigenvalue weighted by Gasteiger charge is -2.08. The molecule has 0 spiro atoms. The fourth-order valence-corrected chi connectivity index (χ4v) is 2.34. The van der Waals surface area contributed by atoms with E-state index in [1.54, 1.807) is 24.3 Å². The van der Waals surface area contributed by atoms with Crippen LogP contribution < -0.4 is 5.32 Å². The van der Waals surface area contributed by atoms with Gasteiger partial charge in [0.25, 0.3) is 0 Å². The van der Waals surface area contributed by atoms with Crippen molar-refractivity contribution in [2.45, 2.75) is 20.4 Å². The highest BCUT2D eigenvalue weighted by Crippen LogP contribution is 2.21. The maximum absolute atomic E-state index is 10.8. The maximum atomic E-state index is 10.8. The smallest absolute Gasteiger partial charge is 0.335 e. The van der Waals surface area contributed by atoms with Crippen molar-refractivity contribution in [1.29, 1.82) is 0 Å². The number of hydrogen-bond acceptors (Lipinski definition) is 4. The normalized spacial score (nSPS) is 10.8. The van der Waals surface area contributed by atoms with E-state index < -0.39 is 5.97 Å². The maximum Gasteiger partial charge on any atom is 0.335 e. The quantitative estimate of drug-likeness (QED) is 0.688. The number of hydrogen-bond donors (Lipinski definition) is 3. The Balaban J connectivity index is 1.83. The predicted octanol–water partition coefficient (Wildman–Crippen LogP) is 2.89. The summed E-state index contributed by atoms with van der Waals surface area (Å²) >= 11 is 0. The van der Waals surface area contributed by atoms with E-state index in [4.69, 9.17) is 5.11 Å². The number of aryl methyl sites for hydroxylation is 2. The van der Waals surface area contributed by atoms with Gasteiger partial charge in [-0.15, -0.1) is 0 Å². The summed E-state index contributed by atoms with van der Waals surface area (Å²) in [5.74, 6) is 0.544. The summed E-state index contributed by atoms with van der Waals surface area (Å²) in [4.78, 5) is 22.9. The number of carbonyl (C=O) groups is 1. The second kappa shape index (κ2) is 5.48. The molecule has 0 fully saturated rings. The van der Waals surface area contributed by atoms with Gasteiger partial charge in [-0.1, -0.05) is 12.1 Å². The molecule has 112 valence electrons. The molecule has 0 bridgehead atoms. The van der Waals surface area contributed by atoms with Crippen LogP contribution in [0.2, 0.25) is 0 Å². The van der Waals surface area contributed by atoms with Crippen molar-refractivity contribution >= 4 is 22.8 Å². The van der Waals surface area contributed by atoms with Crippen LogP contribution in [0.4, 0.5) is 5.82 Å². The van der Waals surface area contributed by atoms with Crippen molar-refractivity contribution < 1.29 is 9.90 Å². The van der Waals surface area contributed by atoms with Gasteiger partial charge in [-0.2, -0.15) is 0 Å². The minimum atomic E-state index is -0.921. The molecule has 0 unspecified atom stereocenters. The number of anilines is 1. The van der Waals surface area contributed by atoms with E-state index in [9.17, 15) is 4.79 Å². The molecule has 22 heavy (non-hydrogen) atoms. The third-order valence-corrected chi connectivity index (χ3v) is 3.39. The summed E-state index contributed by atoms with van der Waals surface area (Å²) in [6, 6.07) is 8.79. The van der Waals surface area contributed by atoms with E-state index in [0.717, 1.165) is 28.1 Å².